The molecule has 0 saturated heterocycles. The SMILES string of the molecule is CN(C)C=CC(=O)c1cnc2c3ccccc3ccn12. The summed E-state index contributed by atoms with van der Waals surface area (Å²) in [5.41, 5.74) is 1.38. The maximum Gasteiger partial charge on any atom is 0.205 e. The van der Waals surface area contributed by atoms with Gasteiger partial charge >= 0.3 is 0 Å². The van der Waals surface area contributed by atoms with E-state index in [4.69, 9.17) is 0 Å². The minimum atomic E-state index is -0.0542. The van der Waals surface area contributed by atoms with Gasteiger partial charge in [-0.15, -0.1) is 0 Å². The van der Waals surface area contributed by atoms with Crippen molar-refractivity contribution in [2.75, 3.05) is 14.1 Å². The average Bonchev–Trinajstić information content (AvgIpc) is 2.89. The van der Waals surface area contributed by atoms with E-state index in [1.54, 1.807) is 18.5 Å². The largest absolute Gasteiger partial charge is 0.383 e. The molecule has 2 aromatic heterocycles. The lowest BCUT2D eigenvalue weighted by molar-refractivity contribution is 0.104. The molecular weight excluding hydrogens is 250 g/mol. The van der Waals surface area contributed by atoms with Crippen LogP contribution in [0.3, 0.4) is 0 Å². The minimum Gasteiger partial charge on any atom is -0.383 e. The molecule has 100 valence electrons. The molecule has 2 heterocycles. The molecule has 0 unspecified atom stereocenters. The van der Waals surface area contributed by atoms with Gasteiger partial charge in [0.25, 0.3) is 0 Å². The highest BCUT2D eigenvalue weighted by molar-refractivity contribution is 6.05. The van der Waals surface area contributed by atoms with Crippen molar-refractivity contribution < 1.29 is 4.79 Å². The summed E-state index contributed by atoms with van der Waals surface area (Å²) in [6.45, 7) is 0. The summed E-state index contributed by atoms with van der Waals surface area (Å²) in [4.78, 5) is 18.4. The third-order valence-electron chi connectivity index (χ3n) is 3.18. The van der Waals surface area contributed by atoms with Crippen LogP contribution in [0.4, 0.5) is 0 Å². The summed E-state index contributed by atoms with van der Waals surface area (Å²) in [6.07, 6.45) is 6.81. The minimum absolute atomic E-state index is 0.0542. The van der Waals surface area contributed by atoms with Gasteiger partial charge in [-0.2, -0.15) is 0 Å². The molecule has 0 aliphatic rings. The normalized spacial score (nSPS) is 11.5. The number of rotatable bonds is 3. The zero-order valence-electron chi connectivity index (χ0n) is 11.4. The first-order valence-electron chi connectivity index (χ1n) is 6.40. The molecule has 3 rings (SSSR count). The van der Waals surface area contributed by atoms with E-state index in [-0.39, 0.29) is 5.78 Å². The van der Waals surface area contributed by atoms with E-state index in [1.165, 1.54) is 0 Å². The van der Waals surface area contributed by atoms with E-state index in [0.717, 1.165) is 16.4 Å². The van der Waals surface area contributed by atoms with Gasteiger partial charge < -0.3 is 4.90 Å². The molecule has 0 amide bonds. The molecule has 0 fully saturated rings. The maximum atomic E-state index is 12.2. The Morgan fingerprint density at radius 2 is 2.05 bits per heavy atom. The van der Waals surface area contributed by atoms with Gasteiger partial charge in [0.15, 0.2) is 0 Å². The fraction of sp³-hybridized carbons (Fsp3) is 0.125. The van der Waals surface area contributed by atoms with Crippen LogP contribution in [0, 0.1) is 0 Å². The fourth-order valence-corrected chi connectivity index (χ4v) is 2.20. The zero-order valence-corrected chi connectivity index (χ0v) is 11.4. The number of nitrogens with zero attached hydrogens (tertiary/aromatic N) is 3. The second-order valence-corrected chi connectivity index (χ2v) is 4.88. The second-order valence-electron chi connectivity index (χ2n) is 4.88. The van der Waals surface area contributed by atoms with Gasteiger partial charge in [0, 0.05) is 38.0 Å². The monoisotopic (exact) mass is 265 g/mol. The first-order valence-corrected chi connectivity index (χ1v) is 6.40. The Hall–Kier alpha value is -2.62. The summed E-state index contributed by atoms with van der Waals surface area (Å²) in [5.74, 6) is -0.0542. The molecular formula is C16H15N3O. The lowest BCUT2D eigenvalue weighted by Gasteiger charge is -2.04. The third kappa shape index (κ3) is 2.05. The van der Waals surface area contributed by atoms with Crippen LogP contribution in [0.25, 0.3) is 16.4 Å². The van der Waals surface area contributed by atoms with E-state index < -0.39 is 0 Å². The van der Waals surface area contributed by atoms with Gasteiger partial charge in [-0.25, -0.2) is 4.98 Å². The first kappa shape index (κ1) is 12.4. The van der Waals surface area contributed by atoms with Crippen molar-refractivity contribution in [1.82, 2.24) is 14.3 Å². The van der Waals surface area contributed by atoms with Gasteiger partial charge in [0.05, 0.1) is 6.20 Å². The molecule has 0 radical (unpaired) electrons. The van der Waals surface area contributed by atoms with Gasteiger partial charge in [-0.05, 0) is 11.5 Å². The third-order valence-corrected chi connectivity index (χ3v) is 3.18. The van der Waals surface area contributed by atoms with Crippen LogP contribution in [0.1, 0.15) is 10.5 Å². The van der Waals surface area contributed by atoms with Crippen LogP contribution in [0.15, 0.2) is 55.0 Å². The Morgan fingerprint density at radius 3 is 2.85 bits per heavy atom. The number of aromatic nitrogens is 2. The fourth-order valence-electron chi connectivity index (χ4n) is 2.20. The Morgan fingerprint density at radius 1 is 1.25 bits per heavy atom. The number of fused-ring (bicyclic) bond motifs is 3. The van der Waals surface area contributed by atoms with Crippen molar-refractivity contribution in [3.05, 3.63) is 60.7 Å². The number of carbonyl (C=O) groups is 1. The van der Waals surface area contributed by atoms with Crippen LogP contribution in [-0.4, -0.2) is 34.2 Å². The smallest absolute Gasteiger partial charge is 0.205 e. The summed E-state index contributed by atoms with van der Waals surface area (Å²) < 4.78 is 1.84. The number of benzene rings is 1. The van der Waals surface area contributed by atoms with Crippen molar-refractivity contribution in [3.8, 4) is 0 Å². The molecule has 0 spiro atoms. The average molecular weight is 265 g/mol. The van der Waals surface area contributed by atoms with E-state index >= 15 is 0 Å². The highest BCUT2D eigenvalue weighted by Gasteiger charge is 2.11. The van der Waals surface area contributed by atoms with Gasteiger partial charge in [-0.1, -0.05) is 24.3 Å². The molecule has 0 saturated carbocycles. The number of hydrogen-bond donors (Lipinski definition) is 0. The van der Waals surface area contributed by atoms with E-state index in [1.807, 2.05) is 59.9 Å². The van der Waals surface area contributed by atoms with Crippen LogP contribution in [0.2, 0.25) is 0 Å². The van der Waals surface area contributed by atoms with Gasteiger partial charge in [-0.3, -0.25) is 9.20 Å². The molecule has 4 heteroatoms. The molecule has 3 aromatic rings. The quantitative estimate of drug-likeness (QED) is 0.540. The van der Waals surface area contributed by atoms with Crippen molar-refractivity contribution in [2.24, 2.45) is 0 Å². The number of pyridine rings is 1. The Kier molecular flexibility index (Phi) is 2.99. The Labute approximate surface area is 117 Å². The molecule has 0 atom stereocenters. The lowest BCUT2D eigenvalue weighted by atomic mass is 10.2. The summed E-state index contributed by atoms with van der Waals surface area (Å²) in [5, 5.41) is 2.17. The number of allylic oxidation sites excluding steroid dienone is 1. The highest BCUT2D eigenvalue weighted by atomic mass is 16.1. The second kappa shape index (κ2) is 4.81. The molecule has 0 aliphatic heterocycles. The number of imidazole rings is 1. The van der Waals surface area contributed by atoms with Crippen LogP contribution in [0.5, 0.6) is 0 Å². The summed E-state index contributed by atoms with van der Waals surface area (Å²) in [6, 6.07) is 10.0. The molecule has 1 aromatic carbocycles. The number of hydrogen-bond acceptors (Lipinski definition) is 3. The molecule has 0 aliphatic carbocycles. The van der Waals surface area contributed by atoms with E-state index in [2.05, 4.69) is 4.98 Å². The Balaban J connectivity index is 2.15. The summed E-state index contributed by atoms with van der Waals surface area (Å²) >= 11 is 0. The number of carbonyl (C=O) groups excluding carboxylic acids is 1. The van der Waals surface area contributed by atoms with Gasteiger partial charge in [0.2, 0.25) is 5.78 Å². The van der Waals surface area contributed by atoms with Crippen LogP contribution < -0.4 is 0 Å². The molecule has 20 heavy (non-hydrogen) atoms. The molecule has 0 N–H and O–H groups in total. The predicted molar refractivity (Wildman–Crippen MR) is 79.9 cm³/mol. The topological polar surface area (TPSA) is 37.6 Å². The predicted octanol–water partition coefficient (Wildman–Crippen LogP) is 2.75. The number of ketones is 1. The van der Waals surface area contributed by atoms with Crippen LogP contribution in [-0.2, 0) is 0 Å². The van der Waals surface area contributed by atoms with Crippen LogP contribution >= 0.6 is 0 Å². The Bertz CT molecular complexity index is 815. The lowest BCUT2D eigenvalue weighted by Crippen LogP contribution is -2.05. The zero-order chi connectivity index (χ0) is 14.1. The van der Waals surface area contributed by atoms with E-state index in [9.17, 15) is 4.79 Å². The maximum absolute atomic E-state index is 12.2. The standard InChI is InChI=1S/C16H15N3O/c1-18(2)9-8-15(20)14-11-17-16-13-6-4-3-5-12(13)7-10-19(14)16/h3-11H,1-2H3. The van der Waals surface area contributed by atoms with Gasteiger partial charge in [0.1, 0.15) is 11.3 Å². The van der Waals surface area contributed by atoms with E-state index in [0.29, 0.717) is 5.69 Å². The van der Waals surface area contributed by atoms with Crippen molar-refractivity contribution in [1.29, 1.82) is 0 Å². The van der Waals surface area contributed by atoms with Crippen molar-refractivity contribution >= 4 is 22.2 Å². The van der Waals surface area contributed by atoms with Crippen molar-refractivity contribution in [2.45, 2.75) is 0 Å². The first-order chi connectivity index (χ1) is 9.66. The van der Waals surface area contributed by atoms with Crippen molar-refractivity contribution in [3.63, 3.8) is 0 Å². The summed E-state index contributed by atoms with van der Waals surface area (Å²) in [7, 11) is 3.76. The molecule has 4 nitrogen and oxygen atoms in total. The molecule has 0 bridgehead atoms. The highest BCUT2D eigenvalue weighted by Crippen LogP contribution is 2.20.